The predicted molar refractivity (Wildman–Crippen MR) is 79.2 cm³/mol. The average molecular weight is 322 g/mol. The smallest absolute Gasteiger partial charge is 0.251 e. The number of rotatable bonds is 2. The number of H-pyrrole nitrogens is 1. The first-order valence-corrected chi connectivity index (χ1v) is 7.56. The quantitative estimate of drug-likeness (QED) is 0.920. The number of alkyl halides is 2. The Hall–Kier alpha value is -2.38. The summed E-state index contributed by atoms with van der Waals surface area (Å²) in [7, 11) is 0. The van der Waals surface area contributed by atoms with Crippen LogP contribution in [0, 0.1) is 0 Å². The molecule has 0 unspecified atom stereocenters. The van der Waals surface area contributed by atoms with Crippen LogP contribution >= 0.6 is 0 Å². The van der Waals surface area contributed by atoms with E-state index in [1.807, 2.05) is 18.2 Å². The first-order valence-electron chi connectivity index (χ1n) is 7.56. The minimum atomic E-state index is -2.58. The monoisotopic (exact) mass is 322 g/mol. The Balaban J connectivity index is 1.54. The van der Waals surface area contributed by atoms with Crippen LogP contribution in [0.1, 0.15) is 12.8 Å². The van der Waals surface area contributed by atoms with Crippen molar-refractivity contribution in [2.24, 2.45) is 0 Å². The fourth-order valence-corrected chi connectivity index (χ4v) is 2.75. The molecule has 1 aromatic heterocycles. The molecule has 0 saturated carbocycles. The molecule has 2 aromatic rings. The zero-order chi connectivity index (χ0) is 15.9. The number of piperidine rings is 1. The lowest BCUT2D eigenvalue weighted by Gasteiger charge is -2.30. The summed E-state index contributed by atoms with van der Waals surface area (Å²) in [5.41, 5.74) is 0.815. The fourth-order valence-electron chi connectivity index (χ4n) is 2.75. The third-order valence-corrected chi connectivity index (χ3v) is 4.07. The summed E-state index contributed by atoms with van der Waals surface area (Å²) in [4.78, 5) is 6.19. The highest BCUT2D eigenvalue weighted by Crippen LogP contribution is 2.34. The molecule has 1 aromatic carbocycles. The van der Waals surface area contributed by atoms with Crippen LogP contribution in [0.4, 0.5) is 14.7 Å². The van der Waals surface area contributed by atoms with Gasteiger partial charge in [-0.3, -0.25) is 5.10 Å². The second-order valence-electron chi connectivity index (χ2n) is 5.69. The van der Waals surface area contributed by atoms with Crippen molar-refractivity contribution in [3.8, 4) is 22.9 Å². The molecule has 8 heteroatoms. The standard InChI is InChI=1S/C15H16F2N4O2/c16-15(17)3-5-21(6-4-15)14-18-13(19-20-14)10-1-2-11-12(9-10)23-8-7-22-11/h1-2,9H,3-8H2,(H,18,19,20). The number of halogens is 2. The average Bonchev–Trinajstić information content (AvgIpc) is 3.04. The van der Waals surface area contributed by atoms with E-state index in [-0.39, 0.29) is 25.9 Å². The molecule has 2 aliphatic heterocycles. The summed E-state index contributed by atoms with van der Waals surface area (Å²) >= 11 is 0. The van der Waals surface area contributed by atoms with Gasteiger partial charge < -0.3 is 14.4 Å². The maximum absolute atomic E-state index is 13.2. The Morgan fingerprint density at radius 1 is 1.09 bits per heavy atom. The van der Waals surface area contributed by atoms with Crippen LogP contribution in [0.5, 0.6) is 11.5 Å². The molecule has 0 spiro atoms. The summed E-state index contributed by atoms with van der Waals surface area (Å²) < 4.78 is 37.5. The van der Waals surface area contributed by atoms with Crippen LogP contribution in [0.3, 0.4) is 0 Å². The molecule has 0 amide bonds. The van der Waals surface area contributed by atoms with Crippen molar-refractivity contribution in [2.75, 3.05) is 31.2 Å². The predicted octanol–water partition coefficient (Wildman–Crippen LogP) is 2.48. The van der Waals surface area contributed by atoms with Crippen molar-refractivity contribution < 1.29 is 18.3 Å². The number of benzene rings is 1. The summed E-state index contributed by atoms with van der Waals surface area (Å²) in [6.45, 7) is 1.56. The highest BCUT2D eigenvalue weighted by molar-refractivity contribution is 5.62. The zero-order valence-electron chi connectivity index (χ0n) is 12.4. The van der Waals surface area contributed by atoms with E-state index in [1.54, 1.807) is 4.90 Å². The molecule has 1 N–H and O–H groups in total. The van der Waals surface area contributed by atoms with Crippen molar-refractivity contribution >= 4 is 5.95 Å². The van der Waals surface area contributed by atoms with Crippen LogP contribution in [0.15, 0.2) is 18.2 Å². The van der Waals surface area contributed by atoms with Gasteiger partial charge in [-0.25, -0.2) is 8.78 Å². The second kappa shape index (κ2) is 5.36. The van der Waals surface area contributed by atoms with E-state index in [0.717, 1.165) is 5.56 Å². The topological polar surface area (TPSA) is 63.3 Å². The molecule has 122 valence electrons. The van der Waals surface area contributed by atoms with E-state index >= 15 is 0 Å². The Bertz CT molecular complexity index is 709. The number of hydrogen-bond donors (Lipinski definition) is 1. The van der Waals surface area contributed by atoms with Gasteiger partial charge in [-0.2, -0.15) is 4.98 Å². The van der Waals surface area contributed by atoms with E-state index in [2.05, 4.69) is 15.2 Å². The minimum absolute atomic E-state index is 0.166. The van der Waals surface area contributed by atoms with Crippen LogP contribution in [-0.2, 0) is 0 Å². The van der Waals surface area contributed by atoms with E-state index in [0.29, 0.717) is 36.5 Å². The molecule has 0 bridgehead atoms. The van der Waals surface area contributed by atoms with Crippen molar-refractivity contribution in [1.82, 2.24) is 15.2 Å². The lowest BCUT2D eigenvalue weighted by atomic mass is 10.1. The third kappa shape index (κ3) is 2.80. The first-order chi connectivity index (χ1) is 11.1. The number of aromatic nitrogens is 3. The molecule has 4 rings (SSSR count). The maximum atomic E-state index is 13.2. The molecular formula is C15H16F2N4O2. The third-order valence-electron chi connectivity index (χ3n) is 4.07. The molecule has 1 saturated heterocycles. The Labute approximate surface area is 131 Å². The van der Waals surface area contributed by atoms with E-state index in [9.17, 15) is 8.78 Å². The first kappa shape index (κ1) is 14.2. The van der Waals surface area contributed by atoms with Gasteiger partial charge in [0.05, 0.1) is 0 Å². The van der Waals surface area contributed by atoms with Gasteiger partial charge >= 0.3 is 0 Å². The van der Waals surface area contributed by atoms with Gasteiger partial charge in [-0.1, -0.05) is 0 Å². The second-order valence-corrected chi connectivity index (χ2v) is 5.69. The molecule has 6 nitrogen and oxygen atoms in total. The van der Waals surface area contributed by atoms with Crippen LogP contribution in [0.2, 0.25) is 0 Å². The molecule has 0 atom stereocenters. The van der Waals surface area contributed by atoms with E-state index in [1.165, 1.54) is 0 Å². The number of fused-ring (bicyclic) bond motifs is 1. The van der Waals surface area contributed by atoms with Crippen LogP contribution in [-0.4, -0.2) is 47.4 Å². The van der Waals surface area contributed by atoms with Gasteiger partial charge in [0.1, 0.15) is 13.2 Å². The van der Waals surface area contributed by atoms with Gasteiger partial charge in [-0.05, 0) is 18.2 Å². The molecule has 3 heterocycles. The summed E-state index contributed by atoms with van der Waals surface area (Å²) in [5, 5.41) is 7.01. The van der Waals surface area contributed by atoms with Crippen molar-refractivity contribution in [2.45, 2.75) is 18.8 Å². The van der Waals surface area contributed by atoms with Crippen LogP contribution < -0.4 is 14.4 Å². The lowest BCUT2D eigenvalue weighted by Crippen LogP contribution is -2.39. The highest BCUT2D eigenvalue weighted by atomic mass is 19.3. The van der Waals surface area contributed by atoms with Crippen molar-refractivity contribution in [3.63, 3.8) is 0 Å². The number of aromatic amines is 1. The van der Waals surface area contributed by atoms with Gasteiger partial charge in [0.25, 0.3) is 5.92 Å². The Morgan fingerprint density at radius 3 is 2.61 bits per heavy atom. The van der Waals surface area contributed by atoms with Gasteiger partial charge in [-0.15, -0.1) is 5.10 Å². The van der Waals surface area contributed by atoms with Gasteiger partial charge in [0, 0.05) is 31.5 Å². The largest absolute Gasteiger partial charge is 0.486 e. The maximum Gasteiger partial charge on any atom is 0.251 e. The summed E-state index contributed by atoms with van der Waals surface area (Å²) in [5.74, 6) is -0.173. The highest BCUT2D eigenvalue weighted by Gasteiger charge is 2.35. The summed E-state index contributed by atoms with van der Waals surface area (Å²) in [6.07, 6.45) is -0.332. The number of ether oxygens (including phenoxy) is 2. The van der Waals surface area contributed by atoms with Crippen LogP contribution in [0.25, 0.3) is 11.4 Å². The number of anilines is 1. The molecule has 2 aliphatic rings. The van der Waals surface area contributed by atoms with Crippen molar-refractivity contribution in [1.29, 1.82) is 0 Å². The molecular weight excluding hydrogens is 306 g/mol. The normalized spacial score (nSPS) is 19.7. The van der Waals surface area contributed by atoms with E-state index < -0.39 is 5.92 Å². The fraction of sp³-hybridized carbons (Fsp3) is 0.467. The number of nitrogens with one attached hydrogen (secondary N) is 1. The Kier molecular flexibility index (Phi) is 3.32. The molecule has 23 heavy (non-hydrogen) atoms. The SMILES string of the molecule is FC1(F)CCN(c2n[nH]c(-c3ccc4c(c3)OCCO4)n2)CC1. The summed E-state index contributed by atoms with van der Waals surface area (Å²) in [6, 6.07) is 5.53. The minimum Gasteiger partial charge on any atom is -0.486 e. The number of hydrogen-bond acceptors (Lipinski definition) is 5. The Morgan fingerprint density at radius 2 is 1.83 bits per heavy atom. The molecule has 1 fully saturated rings. The van der Waals surface area contributed by atoms with Gasteiger partial charge in [0.2, 0.25) is 5.95 Å². The van der Waals surface area contributed by atoms with Crippen molar-refractivity contribution in [3.05, 3.63) is 18.2 Å². The number of nitrogens with zero attached hydrogens (tertiary/aromatic N) is 3. The molecule has 0 radical (unpaired) electrons. The zero-order valence-corrected chi connectivity index (χ0v) is 12.4. The molecule has 0 aliphatic carbocycles. The van der Waals surface area contributed by atoms with Gasteiger partial charge in [0.15, 0.2) is 17.3 Å². The lowest BCUT2D eigenvalue weighted by molar-refractivity contribution is -0.0222. The van der Waals surface area contributed by atoms with E-state index in [4.69, 9.17) is 9.47 Å².